The monoisotopic (exact) mass is 320 g/mol. The molecular formula is C17H24N2S2. The number of nitrogens with two attached hydrogens (primary N) is 1. The van der Waals surface area contributed by atoms with Gasteiger partial charge in [0.05, 0.1) is 0 Å². The summed E-state index contributed by atoms with van der Waals surface area (Å²) in [6, 6.07) is 7.18. The van der Waals surface area contributed by atoms with Gasteiger partial charge in [-0.3, -0.25) is 0 Å². The number of nitrogens with zero attached hydrogens (tertiary/aromatic N) is 1. The molecule has 0 aromatic heterocycles. The second kappa shape index (κ2) is 6.57. The molecule has 3 rings (SSSR count). The topological polar surface area (TPSA) is 29.3 Å². The zero-order chi connectivity index (χ0) is 14.8. The molecule has 0 radical (unpaired) electrons. The van der Waals surface area contributed by atoms with Gasteiger partial charge < -0.3 is 10.6 Å². The maximum Gasteiger partial charge on any atom is 0.107 e. The maximum atomic E-state index is 6.05. The Labute approximate surface area is 137 Å². The van der Waals surface area contributed by atoms with Crippen LogP contribution in [0.15, 0.2) is 23.1 Å². The summed E-state index contributed by atoms with van der Waals surface area (Å²) in [5, 5.41) is 0. The molecule has 0 spiro atoms. The van der Waals surface area contributed by atoms with Gasteiger partial charge >= 0.3 is 0 Å². The Morgan fingerprint density at radius 3 is 2.67 bits per heavy atom. The average molecular weight is 321 g/mol. The smallest absolute Gasteiger partial charge is 0.107 e. The highest BCUT2D eigenvalue weighted by Gasteiger charge is 2.34. The molecule has 1 aliphatic heterocycles. The first-order chi connectivity index (χ1) is 10.2. The largest absolute Gasteiger partial charge is 0.389 e. The molecule has 21 heavy (non-hydrogen) atoms. The van der Waals surface area contributed by atoms with Gasteiger partial charge in [0.2, 0.25) is 0 Å². The average Bonchev–Trinajstić information content (AvgIpc) is 3.16. The van der Waals surface area contributed by atoms with Crippen LogP contribution in [0.25, 0.3) is 0 Å². The third-order valence-corrected chi connectivity index (χ3v) is 6.01. The number of benzene rings is 1. The van der Waals surface area contributed by atoms with E-state index in [1.165, 1.54) is 49.1 Å². The molecule has 1 saturated heterocycles. The summed E-state index contributed by atoms with van der Waals surface area (Å²) < 4.78 is 0. The lowest BCUT2D eigenvalue weighted by molar-refractivity contribution is 0.430. The van der Waals surface area contributed by atoms with Crippen LogP contribution < -0.4 is 10.6 Å². The number of hydrogen-bond donors (Lipinski definition) is 1. The first kappa shape index (κ1) is 15.2. The summed E-state index contributed by atoms with van der Waals surface area (Å²) in [5.41, 5.74) is 8.40. The molecule has 4 heteroatoms. The third kappa shape index (κ3) is 2.93. The molecule has 2 fully saturated rings. The van der Waals surface area contributed by atoms with Gasteiger partial charge in [0.1, 0.15) is 4.99 Å². The number of hydrogen-bond acceptors (Lipinski definition) is 3. The Hall–Kier alpha value is -0.740. The molecule has 114 valence electrons. The quantitative estimate of drug-likeness (QED) is 0.665. The van der Waals surface area contributed by atoms with E-state index in [1.54, 1.807) is 11.8 Å². The van der Waals surface area contributed by atoms with Crippen LogP contribution in [-0.4, -0.2) is 23.8 Å². The Morgan fingerprint density at radius 1 is 1.24 bits per heavy atom. The van der Waals surface area contributed by atoms with Gasteiger partial charge in [-0.05, 0) is 50.0 Å². The molecule has 1 aliphatic carbocycles. The zero-order valence-corrected chi connectivity index (χ0v) is 14.3. The Kier molecular flexibility index (Phi) is 4.75. The Bertz CT molecular complexity index is 524. The van der Waals surface area contributed by atoms with E-state index in [9.17, 15) is 0 Å². The first-order valence-electron chi connectivity index (χ1n) is 7.96. The van der Waals surface area contributed by atoms with E-state index in [4.69, 9.17) is 18.0 Å². The molecule has 2 N–H and O–H groups in total. The van der Waals surface area contributed by atoms with E-state index >= 15 is 0 Å². The maximum absolute atomic E-state index is 6.05. The molecule has 0 amide bonds. The third-order valence-electron chi connectivity index (χ3n) is 5.02. The van der Waals surface area contributed by atoms with Crippen LogP contribution in [0.5, 0.6) is 0 Å². The number of rotatable bonds is 4. The summed E-state index contributed by atoms with van der Waals surface area (Å²) in [7, 11) is 0. The number of thioether (sulfide) groups is 1. The minimum absolute atomic E-state index is 0.534. The van der Waals surface area contributed by atoms with Crippen LogP contribution in [0.3, 0.4) is 0 Å². The van der Waals surface area contributed by atoms with Crippen molar-refractivity contribution in [2.24, 2.45) is 11.7 Å². The fourth-order valence-electron chi connectivity index (χ4n) is 4.10. The van der Waals surface area contributed by atoms with Crippen molar-refractivity contribution in [3.8, 4) is 0 Å². The van der Waals surface area contributed by atoms with Crippen LogP contribution in [0.2, 0.25) is 0 Å². The molecule has 2 nitrogen and oxygen atoms in total. The predicted octanol–water partition coefficient (Wildman–Crippen LogP) is 4.20. The lowest BCUT2D eigenvalue weighted by Gasteiger charge is -2.33. The fourth-order valence-corrected chi connectivity index (χ4v) is 5.01. The first-order valence-corrected chi connectivity index (χ1v) is 9.59. The second-order valence-electron chi connectivity index (χ2n) is 6.17. The summed E-state index contributed by atoms with van der Waals surface area (Å²) in [4.78, 5) is 4.34. The van der Waals surface area contributed by atoms with Crippen molar-refractivity contribution in [2.75, 3.05) is 17.7 Å². The molecule has 1 heterocycles. The van der Waals surface area contributed by atoms with Gasteiger partial charge in [0.15, 0.2) is 0 Å². The van der Waals surface area contributed by atoms with Gasteiger partial charge in [-0.1, -0.05) is 31.1 Å². The Balaban J connectivity index is 1.96. The van der Waals surface area contributed by atoms with Gasteiger partial charge in [0, 0.05) is 28.7 Å². The second-order valence-corrected chi connectivity index (χ2v) is 7.45. The predicted molar refractivity (Wildman–Crippen MR) is 96.4 cm³/mol. The molecule has 0 bridgehead atoms. The molecule has 1 unspecified atom stereocenters. The molecule has 1 saturated carbocycles. The lowest BCUT2D eigenvalue weighted by atomic mass is 9.95. The van der Waals surface area contributed by atoms with Gasteiger partial charge in [-0.2, -0.15) is 0 Å². The fraction of sp³-hybridized carbons (Fsp3) is 0.588. The van der Waals surface area contributed by atoms with E-state index in [0.29, 0.717) is 11.0 Å². The van der Waals surface area contributed by atoms with Crippen molar-refractivity contribution < 1.29 is 0 Å². The van der Waals surface area contributed by atoms with E-state index in [2.05, 4.69) is 29.4 Å². The van der Waals surface area contributed by atoms with E-state index in [0.717, 1.165) is 18.0 Å². The van der Waals surface area contributed by atoms with Crippen molar-refractivity contribution in [2.45, 2.75) is 49.5 Å². The van der Waals surface area contributed by atoms with Crippen molar-refractivity contribution in [1.29, 1.82) is 0 Å². The highest BCUT2D eigenvalue weighted by atomic mass is 32.2. The van der Waals surface area contributed by atoms with Crippen LogP contribution in [-0.2, 0) is 0 Å². The van der Waals surface area contributed by atoms with Crippen LogP contribution in [0.4, 0.5) is 5.69 Å². The summed E-state index contributed by atoms with van der Waals surface area (Å²) in [5.74, 6) is 0.865. The van der Waals surface area contributed by atoms with E-state index in [1.807, 2.05) is 0 Å². The van der Waals surface area contributed by atoms with Crippen molar-refractivity contribution in [3.63, 3.8) is 0 Å². The van der Waals surface area contributed by atoms with Crippen LogP contribution >= 0.6 is 24.0 Å². The molecule has 2 aliphatic rings. The van der Waals surface area contributed by atoms with E-state index < -0.39 is 0 Å². The van der Waals surface area contributed by atoms with Crippen LogP contribution in [0.1, 0.15) is 44.1 Å². The highest BCUT2D eigenvalue weighted by molar-refractivity contribution is 7.98. The molecule has 1 atom stereocenters. The van der Waals surface area contributed by atoms with Crippen LogP contribution in [0, 0.1) is 5.92 Å². The van der Waals surface area contributed by atoms with Crippen molar-refractivity contribution in [3.05, 3.63) is 23.8 Å². The highest BCUT2D eigenvalue weighted by Crippen LogP contribution is 2.40. The molecular weight excluding hydrogens is 296 g/mol. The van der Waals surface area contributed by atoms with Gasteiger partial charge in [-0.15, -0.1) is 11.8 Å². The van der Waals surface area contributed by atoms with Crippen molar-refractivity contribution in [1.82, 2.24) is 0 Å². The molecule has 1 aromatic carbocycles. The normalized spacial score (nSPS) is 22.9. The standard InChI is InChI=1S/C17H24N2S2/c1-21-15-10-4-8-14(16(15)17(18)20)19-11-5-9-13(19)12-6-2-3-7-12/h4,8,10,12-13H,2-3,5-7,9,11H2,1H3,(H2,18,20). The van der Waals surface area contributed by atoms with Gasteiger partial charge in [0.25, 0.3) is 0 Å². The zero-order valence-electron chi connectivity index (χ0n) is 12.7. The van der Waals surface area contributed by atoms with Gasteiger partial charge in [-0.25, -0.2) is 0 Å². The number of thiocarbonyl (C=S) groups is 1. The minimum Gasteiger partial charge on any atom is -0.389 e. The van der Waals surface area contributed by atoms with E-state index in [-0.39, 0.29) is 0 Å². The SMILES string of the molecule is CSc1cccc(N2CCCC2C2CCCC2)c1C(N)=S. The summed E-state index contributed by atoms with van der Waals surface area (Å²) in [6.07, 6.45) is 10.3. The number of anilines is 1. The van der Waals surface area contributed by atoms with Crippen molar-refractivity contribution >= 4 is 34.7 Å². The lowest BCUT2D eigenvalue weighted by Crippen LogP contribution is -2.36. The minimum atomic E-state index is 0.534. The molecule has 1 aromatic rings. The summed E-state index contributed by atoms with van der Waals surface area (Å²) >= 11 is 7.09. The summed E-state index contributed by atoms with van der Waals surface area (Å²) in [6.45, 7) is 1.15. The Morgan fingerprint density at radius 2 is 2.00 bits per heavy atom.